The van der Waals surface area contributed by atoms with E-state index in [0.717, 1.165) is 35.5 Å². The molecule has 0 aromatic heterocycles. The number of benzene rings is 2. The molecule has 25 heavy (non-hydrogen) atoms. The number of amidine groups is 1. The van der Waals surface area contributed by atoms with Crippen molar-refractivity contribution in [2.45, 2.75) is 39.4 Å². The Morgan fingerprint density at radius 3 is 2.56 bits per heavy atom. The summed E-state index contributed by atoms with van der Waals surface area (Å²) in [5.74, 6) is 0.959. The van der Waals surface area contributed by atoms with Crippen LogP contribution in [0.1, 0.15) is 41.2 Å². The molecule has 5 heteroatoms. The van der Waals surface area contributed by atoms with Crippen molar-refractivity contribution in [2.75, 3.05) is 12.4 Å². The first kappa shape index (κ1) is 19.3. The molecule has 0 amide bonds. The fourth-order valence-electron chi connectivity index (χ4n) is 2.86. The number of nitrogens with one attached hydrogen (secondary N) is 1. The summed E-state index contributed by atoms with van der Waals surface area (Å²) in [7, 11) is 1.74. The maximum absolute atomic E-state index is 11.4. The van der Waals surface area contributed by atoms with Crippen molar-refractivity contribution in [1.82, 2.24) is 0 Å². The van der Waals surface area contributed by atoms with Gasteiger partial charge in [-0.15, -0.1) is 0 Å². The van der Waals surface area contributed by atoms with Crippen molar-refractivity contribution < 1.29 is 8.76 Å². The minimum Gasteiger partial charge on any atom is -0.344 e. The molecule has 2 aromatic carbocycles. The van der Waals surface area contributed by atoms with Crippen LogP contribution in [0.15, 0.2) is 41.4 Å². The van der Waals surface area contributed by atoms with Crippen molar-refractivity contribution in [3.05, 3.63) is 64.2 Å². The Labute approximate surface area is 152 Å². The predicted octanol–water partition coefficient (Wildman–Crippen LogP) is 4.47. The zero-order valence-electron chi connectivity index (χ0n) is 15.3. The van der Waals surface area contributed by atoms with Gasteiger partial charge in [0.25, 0.3) is 0 Å². The van der Waals surface area contributed by atoms with Gasteiger partial charge in [0.05, 0.1) is 5.75 Å². The molecule has 0 spiro atoms. The first-order valence-corrected chi connectivity index (χ1v) is 9.68. The maximum Gasteiger partial charge on any atom is 0.157 e. The van der Waals surface area contributed by atoms with E-state index in [1.807, 2.05) is 19.1 Å². The van der Waals surface area contributed by atoms with Gasteiger partial charge in [0.15, 0.2) is 11.1 Å². The average molecular weight is 359 g/mol. The highest BCUT2D eigenvalue weighted by molar-refractivity contribution is 7.78. The van der Waals surface area contributed by atoms with Gasteiger partial charge < -0.3 is 9.87 Å². The number of anilines is 1. The molecule has 134 valence electrons. The molecule has 4 nitrogen and oxygen atoms in total. The number of rotatable bonds is 6. The van der Waals surface area contributed by atoms with E-state index in [0.29, 0.717) is 0 Å². The smallest absolute Gasteiger partial charge is 0.157 e. The lowest BCUT2D eigenvalue weighted by atomic mass is 9.96. The minimum atomic E-state index is -1.89. The van der Waals surface area contributed by atoms with Crippen molar-refractivity contribution in [2.24, 2.45) is 4.99 Å². The molecule has 0 aliphatic heterocycles. The van der Waals surface area contributed by atoms with E-state index in [9.17, 15) is 8.76 Å². The van der Waals surface area contributed by atoms with Crippen LogP contribution in [0.4, 0.5) is 5.69 Å². The summed E-state index contributed by atoms with van der Waals surface area (Å²) in [5, 5.41) is 3.30. The largest absolute Gasteiger partial charge is 0.344 e. The quantitative estimate of drug-likeness (QED) is 0.455. The van der Waals surface area contributed by atoms with Crippen LogP contribution >= 0.6 is 0 Å². The third-order valence-electron chi connectivity index (χ3n) is 4.20. The molecule has 0 saturated heterocycles. The predicted molar refractivity (Wildman–Crippen MR) is 107 cm³/mol. The Kier molecular flexibility index (Phi) is 6.91. The number of hydrogen-bond donors (Lipinski definition) is 2. The zero-order chi connectivity index (χ0) is 18.4. The van der Waals surface area contributed by atoms with Crippen molar-refractivity contribution in [3.8, 4) is 0 Å². The monoisotopic (exact) mass is 358 g/mol. The van der Waals surface area contributed by atoms with E-state index in [1.165, 1.54) is 16.7 Å². The van der Waals surface area contributed by atoms with Crippen LogP contribution in [-0.2, 0) is 23.3 Å². The molecule has 0 bridgehead atoms. The Morgan fingerprint density at radius 2 is 1.96 bits per heavy atom. The third kappa shape index (κ3) is 5.51. The van der Waals surface area contributed by atoms with Crippen LogP contribution in [0.3, 0.4) is 0 Å². The van der Waals surface area contributed by atoms with Gasteiger partial charge in [-0.05, 0) is 48.6 Å². The summed E-state index contributed by atoms with van der Waals surface area (Å²) in [6.45, 7) is 6.18. The lowest BCUT2D eigenvalue weighted by Gasteiger charge is -2.16. The summed E-state index contributed by atoms with van der Waals surface area (Å²) in [4.78, 5) is 4.22. The van der Waals surface area contributed by atoms with Crippen molar-refractivity contribution in [3.63, 3.8) is 0 Å². The van der Waals surface area contributed by atoms with Crippen LogP contribution < -0.4 is 5.32 Å². The fraction of sp³-hybridized carbons (Fsp3) is 0.350. The Morgan fingerprint density at radius 1 is 1.20 bits per heavy atom. The van der Waals surface area contributed by atoms with E-state index < -0.39 is 11.1 Å². The van der Waals surface area contributed by atoms with Gasteiger partial charge in [-0.2, -0.15) is 0 Å². The third-order valence-corrected chi connectivity index (χ3v) is 4.76. The summed E-state index contributed by atoms with van der Waals surface area (Å²) in [6.07, 6.45) is 1.59. The molecule has 0 radical (unpaired) electrons. The lowest BCUT2D eigenvalue weighted by Crippen LogP contribution is -2.13. The molecule has 2 rings (SSSR count). The molecule has 0 aliphatic rings. The van der Waals surface area contributed by atoms with Crippen LogP contribution in [0.25, 0.3) is 0 Å². The van der Waals surface area contributed by atoms with Gasteiger partial charge in [0.1, 0.15) is 5.84 Å². The van der Waals surface area contributed by atoms with E-state index in [2.05, 4.69) is 48.4 Å². The van der Waals surface area contributed by atoms with E-state index >= 15 is 0 Å². The Balaban J connectivity index is 2.40. The summed E-state index contributed by atoms with van der Waals surface area (Å²) < 4.78 is 20.8. The summed E-state index contributed by atoms with van der Waals surface area (Å²) in [6, 6.07) is 12.5. The zero-order valence-corrected chi connectivity index (χ0v) is 16.1. The van der Waals surface area contributed by atoms with Crippen LogP contribution in [0, 0.1) is 13.8 Å². The SMILES string of the molecule is CCC(=NC)Nc1cc(C)c(Cc2cccc(C)c2)cc1CS(=O)O. The van der Waals surface area contributed by atoms with Gasteiger partial charge >= 0.3 is 0 Å². The van der Waals surface area contributed by atoms with Crippen molar-refractivity contribution >= 4 is 22.6 Å². The molecule has 1 atom stereocenters. The van der Waals surface area contributed by atoms with Gasteiger partial charge in [-0.1, -0.05) is 42.8 Å². The topological polar surface area (TPSA) is 61.7 Å². The van der Waals surface area contributed by atoms with Crippen LogP contribution in [0.5, 0.6) is 0 Å². The molecule has 2 N–H and O–H groups in total. The molecular formula is C20H26N2O2S. The molecule has 0 saturated carbocycles. The summed E-state index contributed by atoms with van der Waals surface area (Å²) >= 11 is -1.89. The number of hydrogen-bond acceptors (Lipinski definition) is 2. The first-order chi connectivity index (χ1) is 11.9. The second kappa shape index (κ2) is 8.92. The van der Waals surface area contributed by atoms with E-state index in [4.69, 9.17) is 0 Å². The van der Waals surface area contributed by atoms with Gasteiger partial charge in [0.2, 0.25) is 0 Å². The normalized spacial score (nSPS) is 12.9. The Hall–Kier alpha value is -1.98. The molecule has 2 aromatic rings. The van der Waals surface area contributed by atoms with Gasteiger partial charge in [-0.25, -0.2) is 4.21 Å². The number of aliphatic imine (C=N–C) groups is 1. The standard InChI is InChI=1S/C20H26N2O2S/c1-5-20(21-4)22-19-10-15(3)17(12-18(19)13-25(23)24)11-16-8-6-7-14(2)9-16/h6-10,12H,5,11,13H2,1-4H3,(H,21,22)(H,23,24). The van der Waals surface area contributed by atoms with Gasteiger partial charge in [0, 0.05) is 19.2 Å². The second-order valence-electron chi connectivity index (χ2n) is 6.22. The highest BCUT2D eigenvalue weighted by Gasteiger charge is 2.12. The van der Waals surface area contributed by atoms with E-state index in [-0.39, 0.29) is 5.75 Å². The fourth-order valence-corrected chi connectivity index (χ4v) is 3.37. The van der Waals surface area contributed by atoms with Crippen LogP contribution in [0.2, 0.25) is 0 Å². The number of aryl methyl sites for hydroxylation is 2. The molecule has 0 fully saturated rings. The lowest BCUT2D eigenvalue weighted by molar-refractivity contribution is 0.563. The maximum atomic E-state index is 11.4. The second-order valence-corrected chi connectivity index (χ2v) is 7.15. The number of nitrogens with zero attached hydrogens (tertiary/aromatic N) is 1. The molecule has 0 aliphatic carbocycles. The molecular weight excluding hydrogens is 332 g/mol. The average Bonchev–Trinajstić information content (AvgIpc) is 2.56. The minimum absolute atomic E-state index is 0.101. The molecule has 0 heterocycles. The Bertz CT molecular complexity index is 800. The highest BCUT2D eigenvalue weighted by Crippen LogP contribution is 2.25. The van der Waals surface area contributed by atoms with Crippen molar-refractivity contribution in [1.29, 1.82) is 0 Å². The van der Waals surface area contributed by atoms with Crippen LogP contribution in [-0.4, -0.2) is 21.6 Å². The highest BCUT2D eigenvalue weighted by atomic mass is 32.2. The first-order valence-electron chi connectivity index (χ1n) is 8.41. The van der Waals surface area contributed by atoms with Gasteiger partial charge in [-0.3, -0.25) is 4.99 Å². The summed E-state index contributed by atoms with van der Waals surface area (Å²) in [5.41, 5.74) is 6.49. The molecule has 1 unspecified atom stereocenters. The van der Waals surface area contributed by atoms with E-state index in [1.54, 1.807) is 7.05 Å².